The van der Waals surface area contributed by atoms with Crippen molar-refractivity contribution in [1.82, 2.24) is 14.8 Å². The van der Waals surface area contributed by atoms with Crippen LogP contribution in [0.15, 0.2) is 66.9 Å². The standard InChI is InChI=1S/C27H28FN3O3/c28-21-12-11-19-13-15-30(24(19)16-21)17-27(33)31-14-5-8-22-23(31)9-3-1-6-20-7-2-4-10-25(20)34-18-26(32)29-22/h1-4,7,10-13,15-16,22-23H,5-6,8-9,14,17-18H2,(H,29,32)/b3-1+/t22-,23-/m1/s1. The molecule has 34 heavy (non-hydrogen) atoms. The number of aromatic nitrogens is 1. The van der Waals surface area contributed by atoms with Gasteiger partial charge in [0.2, 0.25) is 5.91 Å². The number of halogens is 1. The lowest BCUT2D eigenvalue weighted by Gasteiger charge is -2.41. The van der Waals surface area contributed by atoms with Gasteiger partial charge >= 0.3 is 0 Å². The molecular weight excluding hydrogens is 433 g/mol. The fraction of sp³-hybridized carbons (Fsp3) is 0.333. The normalized spacial score (nSPS) is 21.9. The van der Waals surface area contributed by atoms with Gasteiger partial charge in [0.15, 0.2) is 6.61 Å². The lowest BCUT2D eigenvalue weighted by atomic mass is 9.92. The zero-order chi connectivity index (χ0) is 23.5. The number of amides is 2. The smallest absolute Gasteiger partial charge is 0.258 e. The fourth-order valence-corrected chi connectivity index (χ4v) is 5.01. The van der Waals surface area contributed by atoms with Gasteiger partial charge in [-0.1, -0.05) is 30.4 Å². The highest BCUT2D eigenvalue weighted by atomic mass is 19.1. The van der Waals surface area contributed by atoms with Crippen LogP contribution in [-0.2, 0) is 22.6 Å². The van der Waals surface area contributed by atoms with Crippen LogP contribution in [-0.4, -0.2) is 46.5 Å². The van der Waals surface area contributed by atoms with Crippen molar-refractivity contribution in [3.8, 4) is 5.75 Å². The number of carbonyl (C=O) groups excluding carboxylic acids is 2. The fourth-order valence-electron chi connectivity index (χ4n) is 5.01. The molecule has 2 atom stereocenters. The van der Waals surface area contributed by atoms with E-state index in [0.29, 0.717) is 24.9 Å². The Hall–Kier alpha value is -3.61. The number of piperidine rings is 1. The summed E-state index contributed by atoms with van der Waals surface area (Å²) in [4.78, 5) is 28.0. The van der Waals surface area contributed by atoms with E-state index in [1.807, 2.05) is 41.4 Å². The van der Waals surface area contributed by atoms with E-state index in [-0.39, 0.29) is 42.9 Å². The molecule has 6 nitrogen and oxygen atoms in total. The Bertz CT molecular complexity index is 1230. The predicted molar refractivity (Wildman–Crippen MR) is 128 cm³/mol. The van der Waals surface area contributed by atoms with E-state index in [2.05, 4.69) is 17.5 Å². The summed E-state index contributed by atoms with van der Waals surface area (Å²) in [5.41, 5.74) is 1.72. The molecule has 1 fully saturated rings. The molecule has 0 aliphatic carbocycles. The van der Waals surface area contributed by atoms with Crippen LogP contribution in [0.2, 0.25) is 0 Å². The number of rotatable bonds is 2. The van der Waals surface area contributed by atoms with Crippen molar-refractivity contribution in [2.45, 2.75) is 44.3 Å². The molecule has 1 saturated heterocycles. The van der Waals surface area contributed by atoms with E-state index in [0.717, 1.165) is 29.5 Å². The number of nitrogens with zero attached hydrogens (tertiary/aromatic N) is 2. The van der Waals surface area contributed by atoms with E-state index in [1.54, 1.807) is 10.6 Å². The van der Waals surface area contributed by atoms with Gasteiger partial charge in [0.1, 0.15) is 18.1 Å². The van der Waals surface area contributed by atoms with Crippen molar-refractivity contribution in [3.05, 3.63) is 78.3 Å². The van der Waals surface area contributed by atoms with Gasteiger partial charge < -0.3 is 19.5 Å². The number of hydrogen-bond donors (Lipinski definition) is 1. The molecule has 2 aliphatic heterocycles. The highest BCUT2D eigenvalue weighted by Crippen LogP contribution is 2.25. The molecular formula is C27H28FN3O3. The van der Waals surface area contributed by atoms with Crippen LogP contribution in [0.3, 0.4) is 0 Å². The molecule has 5 rings (SSSR count). The highest BCUT2D eigenvalue weighted by molar-refractivity contribution is 5.84. The first-order chi connectivity index (χ1) is 16.6. The third kappa shape index (κ3) is 4.69. The number of carbonyl (C=O) groups is 2. The number of benzene rings is 2. The van der Waals surface area contributed by atoms with Gasteiger partial charge in [-0.2, -0.15) is 0 Å². The largest absolute Gasteiger partial charge is 0.483 e. The first-order valence-corrected chi connectivity index (χ1v) is 11.8. The number of ether oxygens (including phenoxy) is 1. The molecule has 2 aromatic carbocycles. The molecule has 3 aromatic rings. The minimum Gasteiger partial charge on any atom is -0.483 e. The minimum absolute atomic E-state index is 0.0344. The first kappa shape index (κ1) is 22.2. The van der Waals surface area contributed by atoms with Crippen LogP contribution in [0.1, 0.15) is 24.8 Å². The summed E-state index contributed by atoms with van der Waals surface area (Å²) in [7, 11) is 0. The van der Waals surface area contributed by atoms with Crippen LogP contribution in [0, 0.1) is 5.82 Å². The summed E-state index contributed by atoms with van der Waals surface area (Å²) in [6.45, 7) is 0.708. The van der Waals surface area contributed by atoms with Crippen molar-refractivity contribution in [2.75, 3.05) is 13.2 Å². The molecule has 1 N–H and O–H groups in total. The maximum atomic E-state index is 13.8. The Labute approximate surface area is 198 Å². The molecule has 0 bridgehead atoms. The number of allylic oxidation sites excluding steroid dienone is 1. The van der Waals surface area contributed by atoms with Gasteiger partial charge in [-0.3, -0.25) is 9.59 Å². The second-order valence-corrected chi connectivity index (χ2v) is 8.93. The predicted octanol–water partition coefficient (Wildman–Crippen LogP) is 3.84. The second kappa shape index (κ2) is 9.71. The summed E-state index contributed by atoms with van der Waals surface area (Å²) < 4.78 is 21.4. The maximum Gasteiger partial charge on any atom is 0.258 e. The molecule has 1 aromatic heterocycles. The van der Waals surface area contributed by atoms with Crippen molar-refractivity contribution in [1.29, 1.82) is 0 Å². The Morgan fingerprint density at radius 1 is 1.15 bits per heavy atom. The lowest BCUT2D eigenvalue weighted by Crippen LogP contribution is -2.58. The lowest BCUT2D eigenvalue weighted by molar-refractivity contribution is -0.137. The zero-order valence-electron chi connectivity index (χ0n) is 19.0. The third-order valence-corrected chi connectivity index (χ3v) is 6.70. The first-order valence-electron chi connectivity index (χ1n) is 11.8. The van der Waals surface area contributed by atoms with Gasteiger partial charge in [-0.25, -0.2) is 4.39 Å². The number of nitrogens with one attached hydrogen (secondary N) is 1. The van der Waals surface area contributed by atoms with Gasteiger partial charge in [0.25, 0.3) is 5.91 Å². The molecule has 7 heteroatoms. The van der Waals surface area contributed by atoms with Gasteiger partial charge in [0, 0.05) is 18.8 Å². The van der Waals surface area contributed by atoms with Crippen LogP contribution >= 0.6 is 0 Å². The topological polar surface area (TPSA) is 63.6 Å². The quantitative estimate of drug-likeness (QED) is 0.590. The summed E-state index contributed by atoms with van der Waals surface area (Å²) >= 11 is 0. The number of para-hydroxylation sites is 1. The number of fused-ring (bicyclic) bond motifs is 3. The van der Waals surface area contributed by atoms with Crippen LogP contribution in [0.25, 0.3) is 10.9 Å². The SMILES string of the molecule is O=C1COc2ccccc2C/C=C/C[C@@H]2[C@@H](CCCN2C(=O)Cn2ccc3ccc(F)cc32)N1. The molecule has 2 amide bonds. The Kier molecular flexibility index (Phi) is 6.34. The van der Waals surface area contributed by atoms with E-state index >= 15 is 0 Å². The van der Waals surface area contributed by atoms with Gasteiger partial charge in [0.05, 0.1) is 11.6 Å². The Balaban J connectivity index is 1.37. The number of likely N-dealkylation sites (tertiary alicyclic amines) is 1. The van der Waals surface area contributed by atoms with E-state index in [1.165, 1.54) is 12.1 Å². The van der Waals surface area contributed by atoms with Crippen LogP contribution in [0.4, 0.5) is 4.39 Å². The average Bonchev–Trinajstić information content (AvgIpc) is 3.22. The maximum absolute atomic E-state index is 13.8. The van der Waals surface area contributed by atoms with Crippen LogP contribution in [0.5, 0.6) is 5.75 Å². The summed E-state index contributed by atoms with van der Waals surface area (Å²) in [5, 5.41) is 4.00. The van der Waals surface area contributed by atoms with Crippen molar-refractivity contribution >= 4 is 22.7 Å². The third-order valence-electron chi connectivity index (χ3n) is 6.70. The number of hydrogen-bond acceptors (Lipinski definition) is 3. The van der Waals surface area contributed by atoms with Gasteiger partial charge in [-0.05, 0) is 67.0 Å². The highest BCUT2D eigenvalue weighted by Gasteiger charge is 2.34. The molecule has 2 aliphatic rings. The Morgan fingerprint density at radius 3 is 2.94 bits per heavy atom. The average molecular weight is 462 g/mol. The van der Waals surface area contributed by atoms with E-state index in [4.69, 9.17) is 4.74 Å². The van der Waals surface area contributed by atoms with Crippen molar-refractivity contribution in [3.63, 3.8) is 0 Å². The minimum atomic E-state index is -0.325. The molecule has 0 radical (unpaired) electrons. The molecule has 176 valence electrons. The summed E-state index contributed by atoms with van der Waals surface area (Å²) in [6, 6.07) is 13.9. The molecule has 0 saturated carbocycles. The van der Waals surface area contributed by atoms with Gasteiger partial charge in [-0.15, -0.1) is 0 Å². The van der Waals surface area contributed by atoms with Crippen molar-refractivity contribution in [2.24, 2.45) is 0 Å². The van der Waals surface area contributed by atoms with Crippen molar-refractivity contribution < 1.29 is 18.7 Å². The monoisotopic (exact) mass is 461 g/mol. The Morgan fingerprint density at radius 2 is 2.03 bits per heavy atom. The molecule has 3 heterocycles. The van der Waals surface area contributed by atoms with E-state index < -0.39 is 0 Å². The second-order valence-electron chi connectivity index (χ2n) is 8.93. The zero-order valence-corrected chi connectivity index (χ0v) is 19.0. The van der Waals surface area contributed by atoms with Crippen LogP contribution < -0.4 is 10.1 Å². The van der Waals surface area contributed by atoms with E-state index in [9.17, 15) is 14.0 Å². The molecule has 0 unspecified atom stereocenters. The summed E-state index contributed by atoms with van der Waals surface area (Å²) in [6.07, 6.45) is 8.98. The summed E-state index contributed by atoms with van der Waals surface area (Å²) in [5.74, 6) is 0.174. The molecule has 0 spiro atoms.